The van der Waals surface area contributed by atoms with Crippen LogP contribution in [0.25, 0.3) is 0 Å². The Labute approximate surface area is 81.7 Å². The van der Waals surface area contributed by atoms with Gasteiger partial charge in [0, 0.05) is 0 Å². The second-order valence-electron chi connectivity index (χ2n) is 3.46. The lowest BCUT2D eigenvalue weighted by Crippen LogP contribution is -2.05. The van der Waals surface area contributed by atoms with Crippen molar-refractivity contribution in [3.05, 3.63) is 35.4 Å². The fraction of sp³-hybridized carbons (Fsp3) is 0.273. The van der Waals surface area contributed by atoms with Gasteiger partial charge in [-0.15, -0.1) is 0 Å². The molecule has 0 radical (unpaired) electrons. The maximum atomic E-state index is 11.2. The number of rotatable bonds is 1. The summed E-state index contributed by atoms with van der Waals surface area (Å²) in [6.45, 7) is 1.97. The summed E-state index contributed by atoms with van der Waals surface area (Å²) in [5.74, 6) is -1.26. The molecular formula is C11H10O3. The number of ether oxygens (including phenoxy) is 1. The Balaban J connectivity index is 2.27. The van der Waals surface area contributed by atoms with E-state index in [1.807, 2.05) is 31.2 Å². The van der Waals surface area contributed by atoms with Gasteiger partial charge in [-0.25, -0.2) is 0 Å². The van der Waals surface area contributed by atoms with Crippen molar-refractivity contribution in [2.45, 2.75) is 19.3 Å². The molecule has 1 aliphatic heterocycles. The molecule has 1 aromatic rings. The van der Waals surface area contributed by atoms with Gasteiger partial charge in [0.05, 0.1) is 12.3 Å². The van der Waals surface area contributed by atoms with Gasteiger partial charge in [-0.3, -0.25) is 9.59 Å². The van der Waals surface area contributed by atoms with Crippen molar-refractivity contribution in [2.24, 2.45) is 0 Å². The monoisotopic (exact) mass is 190 g/mol. The average Bonchev–Trinajstić information content (AvgIpc) is 2.47. The molecule has 0 bridgehead atoms. The summed E-state index contributed by atoms with van der Waals surface area (Å²) in [5, 5.41) is 0. The van der Waals surface area contributed by atoms with Gasteiger partial charge in [0.1, 0.15) is 0 Å². The number of carbonyl (C=O) groups excluding carboxylic acids is 2. The van der Waals surface area contributed by atoms with Crippen LogP contribution in [0.15, 0.2) is 24.3 Å². The highest BCUT2D eigenvalue weighted by molar-refractivity contribution is 5.97. The van der Waals surface area contributed by atoms with Crippen molar-refractivity contribution in [3.63, 3.8) is 0 Å². The molecule has 14 heavy (non-hydrogen) atoms. The molecule has 72 valence electrons. The van der Waals surface area contributed by atoms with Gasteiger partial charge in [0.25, 0.3) is 0 Å². The molecule has 0 aliphatic carbocycles. The first-order valence-electron chi connectivity index (χ1n) is 4.48. The van der Waals surface area contributed by atoms with E-state index >= 15 is 0 Å². The van der Waals surface area contributed by atoms with Crippen LogP contribution >= 0.6 is 0 Å². The number of benzene rings is 1. The predicted molar refractivity (Wildman–Crippen MR) is 49.6 cm³/mol. The Morgan fingerprint density at radius 3 is 2.36 bits per heavy atom. The fourth-order valence-corrected chi connectivity index (χ4v) is 1.53. The van der Waals surface area contributed by atoms with Crippen LogP contribution in [-0.4, -0.2) is 11.9 Å². The number of hydrogen-bond acceptors (Lipinski definition) is 3. The second-order valence-corrected chi connectivity index (χ2v) is 3.46. The van der Waals surface area contributed by atoms with Gasteiger partial charge in [-0.1, -0.05) is 29.8 Å². The minimum Gasteiger partial charge on any atom is -0.393 e. The number of carbonyl (C=O) groups is 2. The van der Waals surface area contributed by atoms with Crippen molar-refractivity contribution in [1.82, 2.24) is 0 Å². The SMILES string of the molecule is Cc1ccc([C@H]2CC(=O)OC2=O)cc1. The fourth-order valence-electron chi connectivity index (χ4n) is 1.53. The Bertz CT molecular complexity index is 378. The molecule has 1 heterocycles. The molecule has 0 unspecified atom stereocenters. The standard InChI is InChI=1S/C11H10O3/c1-7-2-4-8(5-3-7)9-6-10(12)14-11(9)13/h2-5,9H,6H2,1H3/t9-/m1/s1. The van der Waals surface area contributed by atoms with Crippen LogP contribution < -0.4 is 0 Å². The Morgan fingerprint density at radius 2 is 1.86 bits per heavy atom. The lowest BCUT2D eigenvalue weighted by molar-refractivity contribution is -0.152. The van der Waals surface area contributed by atoms with Gasteiger partial charge in [0.15, 0.2) is 0 Å². The zero-order valence-corrected chi connectivity index (χ0v) is 7.82. The number of esters is 2. The third kappa shape index (κ3) is 1.53. The topological polar surface area (TPSA) is 43.4 Å². The molecule has 0 aromatic heterocycles. The van der Waals surface area contributed by atoms with Gasteiger partial charge in [0.2, 0.25) is 0 Å². The van der Waals surface area contributed by atoms with Crippen LogP contribution in [0.5, 0.6) is 0 Å². The molecule has 0 amide bonds. The first-order chi connectivity index (χ1) is 6.66. The van der Waals surface area contributed by atoms with Crippen molar-refractivity contribution in [1.29, 1.82) is 0 Å². The number of aryl methyl sites for hydroxylation is 1. The van der Waals surface area contributed by atoms with Crippen molar-refractivity contribution in [3.8, 4) is 0 Å². The second kappa shape index (κ2) is 3.25. The van der Waals surface area contributed by atoms with Gasteiger partial charge < -0.3 is 4.74 Å². The smallest absolute Gasteiger partial charge is 0.321 e. The van der Waals surface area contributed by atoms with Crippen LogP contribution in [0.2, 0.25) is 0 Å². The summed E-state index contributed by atoms with van der Waals surface area (Å²) in [4.78, 5) is 22.1. The van der Waals surface area contributed by atoms with Crippen LogP contribution in [-0.2, 0) is 14.3 Å². The first kappa shape index (κ1) is 8.94. The zero-order chi connectivity index (χ0) is 10.1. The lowest BCUT2D eigenvalue weighted by Gasteiger charge is -2.04. The predicted octanol–water partition coefficient (Wildman–Crippen LogP) is 1.55. The highest BCUT2D eigenvalue weighted by Crippen LogP contribution is 2.27. The van der Waals surface area contributed by atoms with E-state index in [1.54, 1.807) is 0 Å². The van der Waals surface area contributed by atoms with Gasteiger partial charge in [-0.05, 0) is 12.5 Å². The molecule has 1 fully saturated rings. The van der Waals surface area contributed by atoms with Crippen molar-refractivity contribution in [2.75, 3.05) is 0 Å². The van der Waals surface area contributed by atoms with E-state index in [0.717, 1.165) is 11.1 Å². The molecule has 0 N–H and O–H groups in total. The van der Waals surface area contributed by atoms with Crippen LogP contribution in [0, 0.1) is 6.92 Å². The zero-order valence-electron chi connectivity index (χ0n) is 7.82. The first-order valence-corrected chi connectivity index (χ1v) is 4.48. The lowest BCUT2D eigenvalue weighted by atomic mass is 9.97. The Kier molecular flexibility index (Phi) is 2.08. The number of cyclic esters (lactones) is 2. The molecule has 1 aliphatic rings. The van der Waals surface area contributed by atoms with E-state index in [1.165, 1.54) is 0 Å². The summed E-state index contributed by atoms with van der Waals surface area (Å²) in [6.07, 6.45) is 0.169. The normalized spacial score (nSPS) is 21.1. The van der Waals surface area contributed by atoms with Crippen LogP contribution in [0.3, 0.4) is 0 Å². The molecule has 0 spiro atoms. The van der Waals surface area contributed by atoms with Crippen LogP contribution in [0.4, 0.5) is 0 Å². The molecule has 1 aromatic carbocycles. The quantitative estimate of drug-likeness (QED) is 0.498. The average molecular weight is 190 g/mol. The molecular weight excluding hydrogens is 180 g/mol. The van der Waals surface area contributed by atoms with Gasteiger partial charge in [-0.2, -0.15) is 0 Å². The van der Waals surface area contributed by atoms with Crippen molar-refractivity contribution < 1.29 is 14.3 Å². The van der Waals surface area contributed by atoms with Crippen LogP contribution in [0.1, 0.15) is 23.5 Å². The maximum absolute atomic E-state index is 11.2. The summed E-state index contributed by atoms with van der Waals surface area (Å²) in [7, 11) is 0. The highest BCUT2D eigenvalue weighted by Gasteiger charge is 2.34. The van der Waals surface area contributed by atoms with E-state index in [4.69, 9.17) is 0 Å². The minimum atomic E-state index is -0.432. The summed E-state index contributed by atoms with van der Waals surface area (Å²) in [6, 6.07) is 7.57. The summed E-state index contributed by atoms with van der Waals surface area (Å²) in [5.41, 5.74) is 1.98. The Morgan fingerprint density at radius 1 is 1.21 bits per heavy atom. The Hall–Kier alpha value is -1.64. The molecule has 3 heteroatoms. The van der Waals surface area contributed by atoms with E-state index in [-0.39, 0.29) is 6.42 Å². The van der Waals surface area contributed by atoms with E-state index < -0.39 is 17.9 Å². The van der Waals surface area contributed by atoms with E-state index in [0.29, 0.717) is 0 Å². The van der Waals surface area contributed by atoms with E-state index in [2.05, 4.69) is 4.74 Å². The molecule has 0 saturated carbocycles. The molecule has 1 atom stereocenters. The summed E-state index contributed by atoms with van der Waals surface area (Å²) >= 11 is 0. The van der Waals surface area contributed by atoms with E-state index in [9.17, 15) is 9.59 Å². The molecule has 1 saturated heterocycles. The maximum Gasteiger partial charge on any atom is 0.321 e. The molecule has 3 nitrogen and oxygen atoms in total. The largest absolute Gasteiger partial charge is 0.393 e. The van der Waals surface area contributed by atoms with Gasteiger partial charge >= 0.3 is 11.9 Å². The third-order valence-corrected chi connectivity index (χ3v) is 2.35. The number of hydrogen-bond donors (Lipinski definition) is 0. The highest BCUT2D eigenvalue weighted by atomic mass is 16.6. The third-order valence-electron chi connectivity index (χ3n) is 2.35. The summed E-state index contributed by atoms with van der Waals surface area (Å²) < 4.78 is 4.48. The van der Waals surface area contributed by atoms with Crippen molar-refractivity contribution >= 4 is 11.9 Å². The minimum absolute atomic E-state index is 0.169. The molecule has 2 rings (SSSR count).